The van der Waals surface area contributed by atoms with Crippen molar-refractivity contribution in [2.24, 2.45) is 9.98 Å². The van der Waals surface area contributed by atoms with E-state index in [0.29, 0.717) is 48.8 Å². The Morgan fingerprint density at radius 1 is 0.558 bits per heavy atom. The number of phenols is 2. The molecule has 5 rings (SSSR count). The smallest absolute Gasteiger partial charge is 0.128 e. The Bertz CT molecular complexity index is 1640. The number of aromatic hydroxyl groups is 2. The van der Waals surface area contributed by atoms with E-state index in [2.05, 4.69) is 17.1 Å². The van der Waals surface area contributed by atoms with Crippen molar-refractivity contribution in [1.82, 2.24) is 0 Å². The molecule has 0 aliphatic heterocycles. The van der Waals surface area contributed by atoms with Crippen LogP contribution in [0.15, 0.2) is 137 Å². The molecule has 0 aliphatic carbocycles. The molecule has 0 aromatic heterocycles. The molecule has 6 nitrogen and oxygen atoms in total. The number of ether oxygens (including phenoxy) is 2. The summed E-state index contributed by atoms with van der Waals surface area (Å²) in [7, 11) is 0. The van der Waals surface area contributed by atoms with Gasteiger partial charge in [0.05, 0.1) is 12.6 Å². The van der Waals surface area contributed by atoms with Crippen molar-refractivity contribution in [3.63, 3.8) is 0 Å². The fourth-order valence-electron chi connectivity index (χ4n) is 4.44. The molecular formula is C37H34N2O4. The van der Waals surface area contributed by atoms with Crippen molar-refractivity contribution < 1.29 is 19.7 Å². The van der Waals surface area contributed by atoms with E-state index in [1.54, 1.807) is 36.7 Å². The van der Waals surface area contributed by atoms with Crippen molar-refractivity contribution >= 4 is 12.4 Å². The standard InChI is InChI=1S/C37H34N2O4/c40-36-21-34(42-26-29-12-6-2-7-13-29)18-16-31(36)23-38-25-33(20-28-10-4-1-5-11-28)39-24-32-17-19-35(22-37(32)41)43-27-30-14-8-3-9-15-30/h1-19,21-24,33,40-41H,20,25-27H2/t33-/m0/s1. The van der Waals surface area contributed by atoms with Gasteiger partial charge in [0, 0.05) is 35.7 Å². The SMILES string of the molecule is Oc1cc(OCc2ccccc2)ccc1C=NC[C@H](Cc1ccccc1)N=Cc1ccc(OCc2ccccc2)cc1O. The molecule has 5 aromatic carbocycles. The first-order chi connectivity index (χ1) is 21.1. The highest BCUT2D eigenvalue weighted by Gasteiger charge is 2.09. The average Bonchev–Trinajstić information content (AvgIpc) is 3.04. The third-order valence-electron chi connectivity index (χ3n) is 6.79. The lowest BCUT2D eigenvalue weighted by Crippen LogP contribution is -2.13. The summed E-state index contributed by atoms with van der Waals surface area (Å²) in [5.41, 5.74) is 4.43. The molecule has 0 aliphatic rings. The Morgan fingerprint density at radius 2 is 1.02 bits per heavy atom. The number of hydrogen-bond acceptors (Lipinski definition) is 6. The van der Waals surface area contributed by atoms with E-state index in [-0.39, 0.29) is 17.5 Å². The van der Waals surface area contributed by atoms with Gasteiger partial charge in [-0.05, 0) is 47.4 Å². The maximum absolute atomic E-state index is 10.6. The molecule has 0 saturated carbocycles. The highest BCUT2D eigenvalue weighted by atomic mass is 16.5. The summed E-state index contributed by atoms with van der Waals surface area (Å²) in [6.45, 7) is 1.24. The molecule has 0 saturated heterocycles. The fraction of sp³-hybridized carbons (Fsp3) is 0.135. The maximum Gasteiger partial charge on any atom is 0.128 e. The molecule has 0 radical (unpaired) electrons. The monoisotopic (exact) mass is 570 g/mol. The second kappa shape index (κ2) is 15.0. The third kappa shape index (κ3) is 9.07. The van der Waals surface area contributed by atoms with Gasteiger partial charge in [-0.25, -0.2) is 0 Å². The van der Waals surface area contributed by atoms with E-state index in [9.17, 15) is 10.2 Å². The number of phenolic OH excluding ortho intramolecular Hbond substituents is 2. The van der Waals surface area contributed by atoms with Crippen LogP contribution in [0.3, 0.4) is 0 Å². The van der Waals surface area contributed by atoms with Crippen LogP contribution in [-0.4, -0.2) is 35.2 Å². The highest BCUT2D eigenvalue weighted by Crippen LogP contribution is 2.25. The molecule has 0 amide bonds. The van der Waals surface area contributed by atoms with E-state index < -0.39 is 0 Å². The lowest BCUT2D eigenvalue weighted by Gasteiger charge is -2.11. The molecule has 5 aromatic rings. The second-order valence-electron chi connectivity index (χ2n) is 10.1. The Labute approximate surface area is 252 Å². The zero-order valence-electron chi connectivity index (χ0n) is 23.8. The van der Waals surface area contributed by atoms with Gasteiger partial charge in [-0.3, -0.25) is 9.98 Å². The van der Waals surface area contributed by atoms with Gasteiger partial charge in [0.1, 0.15) is 36.2 Å². The van der Waals surface area contributed by atoms with Gasteiger partial charge in [-0.2, -0.15) is 0 Å². The predicted octanol–water partition coefficient (Wildman–Crippen LogP) is 7.41. The molecule has 1 atom stereocenters. The highest BCUT2D eigenvalue weighted by molar-refractivity contribution is 5.84. The summed E-state index contributed by atoms with van der Waals surface area (Å²) < 4.78 is 11.6. The summed E-state index contributed by atoms with van der Waals surface area (Å²) >= 11 is 0. The van der Waals surface area contributed by atoms with Gasteiger partial charge in [-0.15, -0.1) is 0 Å². The van der Waals surface area contributed by atoms with E-state index in [1.165, 1.54) is 0 Å². The minimum atomic E-state index is -0.178. The second-order valence-corrected chi connectivity index (χ2v) is 10.1. The van der Waals surface area contributed by atoms with Crippen LogP contribution in [-0.2, 0) is 19.6 Å². The summed E-state index contributed by atoms with van der Waals surface area (Å²) in [4.78, 5) is 9.37. The number of rotatable bonds is 13. The first-order valence-electron chi connectivity index (χ1n) is 14.2. The van der Waals surface area contributed by atoms with Gasteiger partial charge >= 0.3 is 0 Å². The molecule has 2 N–H and O–H groups in total. The van der Waals surface area contributed by atoms with E-state index in [4.69, 9.17) is 14.5 Å². The molecule has 0 unspecified atom stereocenters. The molecule has 0 heterocycles. The molecule has 0 spiro atoms. The molecule has 6 heteroatoms. The van der Waals surface area contributed by atoms with Crippen LogP contribution in [0.2, 0.25) is 0 Å². The largest absolute Gasteiger partial charge is 0.507 e. The lowest BCUT2D eigenvalue weighted by atomic mass is 10.1. The average molecular weight is 571 g/mol. The topological polar surface area (TPSA) is 83.6 Å². The zero-order valence-corrected chi connectivity index (χ0v) is 23.8. The normalized spacial score (nSPS) is 12.0. The third-order valence-corrected chi connectivity index (χ3v) is 6.79. The Kier molecular flexibility index (Phi) is 10.2. The van der Waals surface area contributed by atoms with Crippen molar-refractivity contribution in [1.29, 1.82) is 0 Å². The van der Waals surface area contributed by atoms with Gasteiger partial charge in [0.25, 0.3) is 0 Å². The first kappa shape index (κ1) is 29.1. The fourth-order valence-corrected chi connectivity index (χ4v) is 4.44. The Morgan fingerprint density at radius 3 is 1.51 bits per heavy atom. The molecular weight excluding hydrogens is 536 g/mol. The zero-order chi connectivity index (χ0) is 29.7. The van der Waals surface area contributed by atoms with Gasteiger partial charge in [-0.1, -0.05) is 91.0 Å². The van der Waals surface area contributed by atoms with Crippen LogP contribution < -0.4 is 9.47 Å². The number of aliphatic imine (C=N–C) groups is 2. The number of hydrogen-bond donors (Lipinski definition) is 2. The molecule has 0 bridgehead atoms. The van der Waals surface area contributed by atoms with Gasteiger partial charge in [0.15, 0.2) is 0 Å². The first-order valence-corrected chi connectivity index (χ1v) is 14.2. The van der Waals surface area contributed by atoms with Crippen LogP contribution in [0.25, 0.3) is 0 Å². The quantitative estimate of drug-likeness (QED) is 0.144. The Balaban J connectivity index is 1.22. The van der Waals surface area contributed by atoms with E-state index in [1.807, 2.05) is 91.0 Å². The minimum Gasteiger partial charge on any atom is -0.507 e. The summed E-state index contributed by atoms with van der Waals surface area (Å²) in [6, 6.07) is 40.1. The van der Waals surface area contributed by atoms with Crippen LogP contribution >= 0.6 is 0 Å². The van der Waals surface area contributed by atoms with Crippen molar-refractivity contribution in [2.75, 3.05) is 6.54 Å². The lowest BCUT2D eigenvalue weighted by molar-refractivity contribution is 0.304. The van der Waals surface area contributed by atoms with Crippen LogP contribution in [0.4, 0.5) is 0 Å². The molecule has 0 fully saturated rings. The summed E-state index contributed by atoms with van der Waals surface area (Å²) in [5.74, 6) is 1.36. The molecule has 216 valence electrons. The van der Waals surface area contributed by atoms with E-state index >= 15 is 0 Å². The van der Waals surface area contributed by atoms with Gasteiger partial charge in [0.2, 0.25) is 0 Å². The van der Waals surface area contributed by atoms with Crippen LogP contribution in [0.1, 0.15) is 27.8 Å². The number of benzene rings is 5. The van der Waals surface area contributed by atoms with E-state index in [0.717, 1.165) is 16.7 Å². The van der Waals surface area contributed by atoms with Crippen molar-refractivity contribution in [3.05, 3.63) is 155 Å². The maximum atomic E-state index is 10.6. The molecule has 43 heavy (non-hydrogen) atoms. The van der Waals surface area contributed by atoms with Crippen molar-refractivity contribution in [2.45, 2.75) is 25.7 Å². The van der Waals surface area contributed by atoms with Crippen LogP contribution in [0, 0.1) is 0 Å². The summed E-state index contributed by atoms with van der Waals surface area (Å²) in [6.07, 6.45) is 4.00. The van der Waals surface area contributed by atoms with Crippen molar-refractivity contribution in [3.8, 4) is 23.0 Å². The number of nitrogens with zero attached hydrogens (tertiary/aromatic N) is 2. The Hall–Kier alpha value is -5.36. The summed E-state index contributed by atoms with van der Waals surface area (Å²) in [5, 5.41) is 21.2. The predicted molar refractivity (Wildman–Crippen MR) is 172 cm³/mol. The minimum absolute atomic E-state index is 0.0933. The van der Waals surface area contributed by atoms with Crippen LogP contribution in [0.5, 0.6) is 23.0 Å². The van der Waals surface area contributed by atoms with Gasteiger partial charge < -0.3 is 19.7 Å².